The standard InChI is InChI=1S/C13H17N3O2/c1-9(2)17-8-11-15-16-13(18-11)12(14)10-6-4-3-5-7-10/h3-7,9,12H,8,14H2,1-2H3. The van der Waals surface area contributed by atoms with E-state index in [0.29, 0.717) is 18.4 Å². The molecule has 1 unspecified atom stereocenters. The SMILES string of the molecule is CC(C)OCc1nnc(C(N)c2ccccc2)o1. The summed E-state index contributed by atoms with van der Waals surface area (Å²) in [6.45, 7) is 4.21. The van der Waals surface area contributed by atoms with E-state index in [-0.39, 0.29) is 6.10 Å². The molecule has 1 aromatic heterocycles. The maximum atomic E-state index is 6.05. The van der Waals surface area contributed by atoms with Crippen molar-refractivity contribution >= 4 is 0 Å². The Labute approximate surface area is 106 Å². The van der Waals surface area contributed by atoms with E-state index in [2.05, 4.69) is 10.2 Å². The molecule has 2 aromatic rings. The largest absolute Gasteiger partial charge is 0.421 e. The second-order valence-corrected chi connectivity index (χ2v) is 4.28. The maximum absolute atomic E-state index is 6.05. The van der Waals surface area contributed by atoms with E-state index in [0.717, 1.165) is 5.56 Å². The summed E-state index contributed by atoms with van der Waals surface area (Å²) in [5, 5.41) is 7.86. The average Bonchev–Trinajstić information content (AvgIpc) is 2.85. The predicted molar refractivity (Wildman–Crippen MR) is 66.7 cm³/mol. The Morgan fingerprint density at radius 3 is 2.61 bits per heavy atom. The summed E-state index contributed by atoms with van der Waals surface area (Å²) >= 11 is 0. The van der Waals surface area contributed by atoms with Crippen molar-refractivity contribution in [1.29, 1.82) is 0 Å². The minimum Gasteiger partial charge on any atom is -0.421 e. The fraction of sp³-hybridized carbons (Fsp3) is 0.385. The van der Waals surface area contributed by atoms with E-state index in [1.807, 2.05) is 44.2 Å². The van der Waals surface area contributed by atoms with Crippen molar-refractivity contribution in [2.75, 3.05) is 0 Å². The maximum Gasteiger partial charge on any atom is 0.242 e. The molecule has 2 rings (SSSR count). The van der Waals surface area contributed by atoms with Crippen LogP contribution in [0, 0.1) is 0 Å². The lowest BCUT2D eigenvalue weighted by atomic mass is 10.1. The summed E-state index contributed by atoms with van der Waals surface area (Å²) in [7, 11) is 0. The average molecular weight is 247 g/mol. The van der Waals surface area contributed by atoms with Gasteiger partial charge in [0.15, 0.2) is 0 Å². The molecule has 18 heavy (non-hydrogen) atoms. The van der Waals surface area contributed by atoms with Gasteiger partial charge < -0.3 is 14.9 Å². The lowest BCUT2D eigenvalue weighted by Gasteiger charge is -2.06. The van der Waals surface area contributed by atoms with Crippen LogP contribution in [0.25, 0.3) is 0 Å². The first-order valence-corrected chi connectivity index (χ1v) is 5.91. The number of aromatic nitrogens is 2. The zero-order valence-electron chi connectivity index (χ0n) is 10.5. The molecule has 96 valence electrons. The van der Waals surface area contributed by atoms with Gasteiger partial charge in [-0.05, 0) is 19.4 Å². The van der Waals surface area contributed by atoms with Gasteiger partial charge in [-0.3, -0.25) is 0 Å². The first-order chi connectivity index (χ1) is 8.66. The summed E-state index contributed by atoms with van der Waals surface area (Å²) in [4.78, 5) is 0. The Morgan fingerprint density at radius 2 is 1.94 bits per heavy atom. The van der Waals surface area contributed by atoms with Crippen LogP contribution in [0.3, 0.4) is 0 Å². The van der Waals surface area contributed by atoms with Crippen LogP contribution in [-0.4, -0.2) is 16.3 Å². The van der Waals surface area contributed by atoms with Gasteiger partial charge in [0.1, 0.15) is 12.6 Å². The topological polar surface area (TPSA) is 74.2 Å². The van der Waals surface area contributed by atoms with Crippen LogP contribution in [0.1, 0.15) is 37.2 Å². The molecule has 0 aliphatic heterocycles. The molecular formula is C13H17N3O2. The van der Waals surface area contributed by atoms with Gasteiger partial charge in [0, 0.05) is 0 Å². The van der Waals surface area contributed by atoms with Gasteiger partial charge in [0.2, 0.25) is 11.8 Å². The summed E-state index contributed by atoms with van der Waals surface area (Å²) in [5.74, 6) is 0.855. The Bertz CT molecular complexity index is 482. The molecule has 0 saturated carbocycles. The quantitative estimate of drug-likeness (QED) is 0.875. The van der Waals surface area contributed by atoms with E-state index in [1.165, 1.54) is 0 Å². The normalized spacial score (nSPS) is 12.9. The highest BCUT2D eigenvalue weighted by Crippen LogP contribution is 2.18. The molecule has 0 aliphatic rings. The van der Waals surface area contributed by atoms with Crippen molar-refractivity contribution in [1.82, 2.24) is 10.2 Å². The van der Waals surface area contributed by atoms with Gasteiger partial charge in [-0.1, -0.05) is 30.3 Å². The van der Waals surface area contributed by atoms with E-state index in [9.17, 15) is 0 Å². The third kappa shape index (κ3) is 3.15. The number of hydrogen-bond donors (Lipinski definition) is 1. The molecule has 0 spiro atoms. The van der Waals surface area contributed by atoms with Gasteiger partial charge in [-0.15, -0.1) is 10.2 Å². The Kier molecular flexibility index (Phi) is 4.07. The molecule has 2 N–H and O–H groups in total. The molecular weight excluding hydrogens is 230 g/mol. The molecule has 1 atom stereocenters. The molecule has 0 amide bonds. The molecule has 5 nitrogen and oxygen atoms in total. The highest BCUT2D eigenvalue weighted by atomic mass is 16.5. The van der Waals surface area contributed by atoms with Gasteiger partial charge in [-0.2, -0.15) is 0 Å². The van der Waals surface area contributed by atoms with Crippen molar-refractivity contribution in [2.45, 2.75) is 32.6 Å². The third-order valence-electron chi connectivity index (χ3n) is 2.45. The fourth-order valence-corrected chi connectivity index (χ4v) is 1.49. The lowest BCUT2D eigenvalue weighted by molar-refractivity contribution is 0.0510. The minimum absolute atomic E-state index is 0.128. The molecule has 0 radical (unpaired) electrons. The Hall–Kier alpha value is -1.72. The number of nitrogens with zero attached hydrogens (tertiary/aromatic N) is 2. The van der Waals surface area contributed by atoms with Crippen molar-refractivity contribution < 1.29 is 9.15 Å². The first kappa shape index (κ1) is 12.7. The zero-order chi connectivity index (χ0) is 13.0. The third-order valence-corrected chi connectivity index (χ3v) is 2.45. The second-order valence-electron chi connectivity index (χ2n) is 4.28. The molecule has 5 heteroatoms. The summed E-state index contributed by atoms with van der Waals surface area (Å²) in [6.07, 6.45) is 0.128. The first-order valence-electron chi connectivity index (χ1n) is 5.91. The Morgan fingerprint density at radius 1 is 1.22 bits per heavy atom. The van der Waals surface area contributed by atoms with E-state index < -0.39 is 6.04 Å². The Balaban J connectivity index is 2.06. The van der Waals surface area contributed by atoms with Gasteiger partial charge >= 0.3 is 0 Å². The van der Waals surface area contributed by atoms with E-state index >= 15 is 0 Å². The van der Waals surface area contributed by atoms with E-state index in [4.69, 9.17) is 14.9 Å². The van der Waals surface area contributed by atoms with Crippen molar-refractivity contribution in [3.63, 3.8) is 0 Å². The number of rotatable bonds is 5. The molecule has 0 aliphatic carbocycles. The van der Waals surface area contributed by atoms with Gasteiger partial charge in [0.05, 0.1) is 6.10 Å². The number of benzene rings is 1. The molecule has 1 heterocycles. The second kappa shape index (κ2) is 5.75. The molecule has 0 saturated heterocycles. The molecule has 0 fully saturated rings. The lowest BCUT2D eigenvalue weighted by Crippen LogP contribution is -2.12. The van der Waals surface area contributed by atoms with Crippen molar-refractivity contribution in [3.8, 4) is 0 Å². The minimum atomic E-state index is -0.397. The summed E-state index contributed by atoms with van der Waals surface area (Å²) in [6, 6.07) is 9.25. The van der Waals surface area contributed by atoms with Crippen LogP contribution < -0.4 is 5.73 Å². The van der Waals surface area contributed by atoms with Gasteiger partial charge in [-0.25, -0.2) is 0 Å². The number of nitrogens with two attached hydrogens (primary N) is 1. The predicted octanol–water partition coefficient (Wildman–Crippen LogP) is 2.04. The summed E-state index contributed by atoms with van der Waals surface area (Å²) in [5.41, 5.74) is 6.99. The number of hydrogen-bond acceptors (Lipinski definition) is 5. The molecule has 0 bridgehead atoms. The zero-order valence-corrected chi connectivity index (χ0v) is 10.5. The van der Waals surface area contributed by atoms with Crippen LogP contribution in [0.2, 0.25) is 0 Å². The smallest absolute Gasteiger partial charge is 0.242 e. The van der Waals surface area contributed by atoms with Crippen LogP contribution in [0.5, 0.6) is 0 Å². The van der Waals surface area contributed by atoms with E-state index in [1.54, 1.807) is 0 Å². The number of ether oxygens (including phenoxy) is 1. The van der Waals surface area contributed by atoms with Crippen LogP contribution in [0.15, 0.2) is 34.7 Å². The van der Waals surface area contributed by atoms with Crippen molar-refractivity contribution in [3.05, 3.63) is 47.7 Å². The van der Waals surface area contributed by atoms with Gasteiger partial charge in [0.25, 0.3) is 0 Å². The highest BCUT2D eigenvalue weighted by Gasteiger charge is 2.16. The highest BCUT2D eigenvalue weighted by molar-refractivity contribution is 5.22. The van der Waals surface area contributed by atoms with Crippen LogP contribution in [0.4, 0.5) is 0 Å². The fourth-order valence-electron chi connectivity index (χ4n) is 1.49. The van der Waals surface area contributed by atoms with Crippen LogP contribution >= 0.6 is 0 Å². The van der Waals surface area contributed by atoms with Crippen LogP contribution in [-0.2, 0) is 11.3 Å². The van der Waals surface area contributed by atoms with Crippen molar-refractivity contribution in [2.24, 2.45) is 5.73 Å². The summed E-state index contributed by atoms with van der Waals surface area (Å²) < 4.78 is 10.9. The monoisotopic (exact) mass is 247 g/mol. The molecule has 1 aromatic carbocycles.